The topological polar surface area (TPSA) is 36.9 Å². The van der Waals surface area contributed by atoms with Gasteiger partial charge in [-0.05, 0) is 24.0 Å². The van der Waals surface area contributed by atoms with Crippen molar-refractivity contribution < 1.29 is 4.74 Å². The number of guanidine groups is 1. The molecule has 1 aromatic carbocycles. The van der Waals surface area contributed by atoms with Gasteiger partial charge < -0.3 is 15.0 Å². The van der Waals surface area contributed by atoms with Gasteiger partial charge in [0.25, 0.3) is 0 Å². The fraction of sp³-hybridized carbons (Fsp3) is 0.611. The summed E-state index contributed by atoms with van der Waals surface area (Å²) in [5.74, 6) is 2.02. The molecule has 4 heteroatoms. The summed E-state index contributed by atoms with van der Waals surface area (Å²) in [4.78, 5) is 6.82. The smallest absolute Gasteiger partial charge is 0.193 e. The largest absolute Gasteiger partial charge is 0.490 e. The molecule has 1 aromatic rings. The van der Waals surface area contributed by atoms with E-state index in [1.807, 2.05) is 37.4 Å². The molecule has 22 heavy (non-hydrogen) atoms. The lowest BCUT2D eigenvalue weighted by atomic mass is 10.1. The van der Waals surface area contributed by atoms with Crippen molar-refractivity contribution in [2.45, 2.75) is 45.3 Å². The van der Waals surface area contributed by atoms with Gasteiger partial charge in [-0.1, -0.05) is 32.0 Å². The molecule has 1 heterocycles. The number of benzene rings is 1. The van der Waals surface area contributed by atoms with E-state index in [0.29, 0.717) is 17.6 Å². The van der Waals surface area contributed by atoms with E-state index >= 15 is 0 Å². The highest BCUT2D eigenvalue weighted by Gasteiger charge is 2.46. The maximum atomic E-state index is 6.06. The third-order valence-corrected chi connectivity index (χ3v) is 4.82. The predicted molar refractivity (Wildman–Crippen MR) is 90.3 cm³/mol. The average molecular weight is 301 g/mol. The molecule has 120 valence electrons. The van der Waals surface area contributed by atoms with Crippen LogP contribution >= 0.6 is 0 Å². The van der Waals surface area contributed by atoms with Gasteiger partial charge in [0.1, 0.15) is 11.9 Å². The summed E-state index contributed by atoms with van der Waals surface area (Å²) in [6, 6.07) is 10.7. The van der Waals surface area contributed by atoms with E-state index in [-0.39, 0.29) is 0 Å². The van der Waals surface area contributed by atoms with Crippen LogP contribution in [0.5, 0.6) is 5.75 Å². The van der Waals surface area contributed by atoms with Gasteiger partial charge in [0.2, 0.25) is 0 Å². The van der Waals surface area contributed by atoms with Gasteiger partial charge in [-0.3, -0.25) is 4.99 Å². The van der Waals surface area contributed by atoms with Crippen molar-refractivity contribution in [2.75, 3.05) is 20.1 Å². The quantitative estimate of drug-likeness (QED) is 0.689. The standard InChI is InChI=1S/C18H27N3O/c1-18(2)13-16(18)20-17(19-3)21-11-9-15(10-12-21)22-14-7-5-4-6-8-14/h4-8,15-16H,9-13H2,1-3H3,(H,19,20). The summed E-state index contributed by atoms with van der Waals surface area (Å²) in [5, 5.41) is 3.60. The Morgan fingerprint density at radius 3 is 2.41 bits per heavy atom. The number of aliphatic imine (C=N–C) groups is 1. The van der Waals surface area contributed by atoms with Crippen molar-refractivity contribution in [1.29, 1.82) is 0 Å². The van der Waals surface area contributed by atoms with Crippen LogP contribution in [0.25, 0.3) is 0 Å². The minimum Gasteiger partial charge on any atom is -0.490 e. The highest BCUT2D eigenvalue weighted by Crippen LogP contribution is 2.44. The zero-order valence-electron chi connectivity index (χ0n) is 13.9. The van der Waals surface area contributed by atoms with E-state index in [0.717, 1.165) is 37.6 Å². The van der Waals surface area contributed by atoms with Crippen LogP contribution in [-0.2, 0) is 0 Å². The fourth-order valence-corrected chi connectivity index (χ4v) is 3.04. The van der Waals surface area contributed by atoms with Crippen LogP contribution in [0.2, 0.25) is 0 Å². The minimum absolute atomic E-state index is 0.314. The number of likely N-dealkylation sites (tertiary alicyclic amines) is 1. The molecular weight excluding hydrogens is 274 g/mol. The molecule has 1 saturated carbocycles. The first-order valence-electron chi connectivity index (χ1n) is 8.28. The number of ether oxygens (including phenoxy) is 1. The van der Waals surface area contributed by atoms with Crippen LogP contribution in [0.15, 0.2) is 35.3 Å². The Balaban J connectivity index is 1.48. The van der Waals surface area contributed by atoms with Crippen LogP contribution in [0.3, 0.4) is 0 Å². The molecule has 1 N–H and O–H groups in total. The van der Waals surface area contributed by atoms with Crippen molar-refractivity contribution in [3.63, 3.8) is 0 Å². The molecule has 4 nitrogen and oxygen atoms in total. The predicted octanol–water partition coefficient (Wildman–Crippen LogP) is 2.90. The molecule has 1 unspecified atom stereocenters. The summed E-state index contributed by atoms with van der Waals surface area (Å²) < 4.78 is 6.06. The average Bonchev–Trinajstić information content (AvgIpc) is 3.13. The minimum atomic E-state index is 0.314. The Bertz CT molecular complexity index is 518. The molecule has 0 amide bonds. The van der Waals surface area contributed by atoms with Crippen molar-refractivity contribution in [3.8, 4) is 5.75 Å². The molecule has 0 bridgehead atoms. The van der Waals surface area contributed by atoms with E-state index in [9.17, 15) is 0 Å². The highest BCUT2D eigenvalue weighted by atomic mass is 16.5. The first-order valence-corrected chi connectivity index (χ1v) is 8.28. The summed E-state index contributed by atoms with van der Waals surface area (Å²) in [6.45, 7) is 6.62. The fourth-order valence-electron chi connectivity index (χ4n) is 3.04. The van der Waals surface area contributed by atoms with Crippen LogP contribution in [-0.4, -0.2) is 43.1 Å². The second-order valence-corrected chi connectivity index (χ2v) is 7.05. The number of nitrogens with one attached hydrogen (secondary N) is 1. The second kappa shape index (κ2) is 6.19. The molecule has 0 aromatic heterocycles. The Labute approximate surface area is 133 Å². The van der Waals surface area contributed by atoms with E-state index in [4.69, 9.17) is 4.74 Å². The Morgan fingerprint density at radius 2 is 1.86 bits per heavy atom. The molecule has 1 aliphatic carbocycles. The van der Waals surface area contributed by atoms with Crippen molar-refractivity contribution in [1.82, 2.24) is 10.2 Å². The van der Waals surface area contributed by atoms with E-state index < -0.39 is 0 Å². The van der Waals surface area contributed by atoms with Gasteiger partial charge in [0.05, 0.1) is 0 Å². The van der Waals surface area contributed by atoms with Gasteiger partial charge in [-0.15, -0.1) is 0 Å². The number of piperidine rings is 1. The zero-order chi connectivity index (χ0) is 15.6. The Hall–Kier alpha value is -1.71. The highest BCUT2D eigenvalue weighted by molar-refractivity contribution is 5.80. The second-order valence-electron chi connectivity index (χ2n) is 7.05. The molecular formula is C18H27N3O. The van der Waals surface area contributed by atoms with Gasteiger partial charge in [-0.2, -0.15) is 0 Å². The van der Waals surface area contributed by atoms with Crippen molar-refractivity contribution >= 4 is 5.96 Å². The summed E-state index contributed by atoms with van der Waals surface area (Å²) in [7, 11) is 1.88. The lowest BCUT2D eigenvalue weighted by molar-refractivity contribution is 0.129. The number of hydrogen-bond acceptors (Lipinski definition) is 2. The van der Waals surface area contributed by atoms with Crippen molar-refractivity contribution in [2.24, 2.45) is 10.4 Å². The maximum absolute atomic E-state index is 6.06. The molecule has 1 saturated heterocycles. The molecule has 2 aliphatic rings. The number of rotatable bonds is 3. The lowest BCUT2D eigenvalue weighted by Crippen LogP contribution is -2.48. The molecule has 1 atom stereocenters. The molecule has 0 spiro atoms. The number of hydrogen-bond donors (Lipinski definition) is 1. The van der Waals surface area contributed by atoms with Crippen molar-refractivity contribution in [3.05, 3.63) is 30.3 Å². The Kier molecular flexibility index (Phi) is 4.27. The Morgan fingerprint density at radius 1 is 1.23 bits per heavy atom. The molecule has 1 aliphatic heterocycles. The summed E-state index contributed by atoms with van der Waals surface area (Å²) in [6.07, 6.45) is 3.64. The van der Waals surface area contributed by atoms with Crippen LogP contribution < -0.4 is 10.1 Å². The van der Waals surface area contributed by atoms with Crippen LogP contribution in [0, 0.1) is 5.41 Å². The normalized spacial score (nSPS) is 25.0. The zero-order valence-corrected chi connectivity index (χ0v) is 13.9. The maximum Gasteiger partial charge on any atom is 0.193 e. The first-order chi connectivity index (χ1) is 10.6. The lowest BCUT2D eigenvalue weighted by Gasteiger charge is -2.34. The van der Waals surface area contributed by atoms with E-state index in [2.05, 4.69) is 29.1 Å². The summed E-state index contributed by atoms with van der Waals surface area (Å²) in [5.41, 5.74) is 0.421. The molecule has 0 radical (unpaired) electrons. The van der Waals surface area contributed by atoms with Gasteiger partial charge >= 0.3 is 0 Å². The monoisotopic (exact) mass is 301 g/mol. The van der Waals surface area contributed by atoms with Gasteiger partial charge in [0, 0.05) is 39.0 Å². The van der Waals surface area contributed by atoms with Gasteiger partial charge in [0.15, 0.2) is 5.96 Å². The third-order valence-electron chi connectivity index (χ3n) is 4.82. The van der Waals surface area contributed by atoms with E-state index in [1.165, 1.54) is 6.42 Å². The third kappa shape index (κ3) is 3.54. The summed E-state index contributed by atoms with van der Waals surface area (Å²) >= 11 is 0. The first kappa shape index (κ1) is 15.2. The number of nitrogens with zero attached hydrogens (tertiary/aromatic N) is 2. The SMILES string of the molecule is CN=C(NC1CC1(C)C)N1CCC(Oc2ccccc2)CC1. The van der Waals surface area contributed by atoms with Crippen LogP contribution in [0.1, 0.15) is 33.1 Å². The number of para-hydroxylation sites is 1. The van der Waals surface area contributed by atoms with Gasteiger partial charge in [-0.25, -0.2) is 0 Å². The van der Waals surface area contributed by atoms with Crippen LogP contribution in [0.4, 0.5) is 0 Å². The molecule has 3 rings (SSSR count). The molecule has 2 fully saturated rings. The van der Waals surface area contributed by atoms with E-state index in [1.54, 1.807) is 0 Å².